The lowest BCUT2D eigenvalue weighted by molar-refractivity contribution is 1.09. The lowest BCUT2D eigenvalue weighted by atomic mass is 9.98. The summed E-state index contributed by atoms with van der Waals surface area (Å²) in [6.07, 6.45) is 19.5. The van der Waals surface area contributed by atoms with E-state index in [1.54, 1.807) is 6.08 Å². The van der Waals surface area contributed by atoms with Crippen molar-refractivity contribution in [2.75, 3.05) is 0 Å². The maximum atomic E-state index is 4.57. The minimum atomic E-state index is 0.685. The second kappa shape index (κ2) is 9.92. The number of H-pyrrole nitrogens is 2. The van der Waals surface area contributed by atoms with Gasteiger partial charge in [-0.05, 0) is 61.7 Å². The van der Waals surface area contributed by atoms with Gasteiger partial charge in [0.25, 0.3) is 0 Å². The van der Waals surface area contributed by atoms with Crippen LogP contribution in [0, 0.1) is 6.92 Å². The van der Waals surface area contributed by atoms with Crippen molar-refractivity contribution in [1.82, 2.24) is 25.1 Å². The van der Waals surface area contributed by atoms with E-state index in [9.17, 15) is 0 Å². The van der Waals surface area contributed by atoms with Crippen molar-refractivity contribution in [2.24, 2.45) is 0 Å². The first-order valence-electron chi connectivity index (χ1n) is 10.9. The maximum Gasteiger partial charge on any atom is 0.181 e. The van der Waals surface area contributed by atoms with Crippen molar-refractivity contribution in [3.05, 3.63) is 114 Å². The molecule has 164 valence electrons. The van der Waals surface area contributed by atoms with E-state index in [1.165, 1.54) is 0 Å². The minimum Gasteiger partial charge on any atom is -0.357 e. The zero-order chi connectivity index (χ0) is 23.2. The summed E-state index contributed by atoms with van der Waals surface area (Å²) in [7, 11) is 0. The normalized spacial score (nSPS) is 12.9. The van der Waals surface area contributed by atoms with E-state index < -0.39 is 0 Å². The summed E-state index contributed by atoms with van der Waals surface area (Å²) >= 11 is 0. The number of aromatic nitrogens is 5. The number of aromatic amines is 2. The van der Waals surface area contributed by atoms with Crippen molar-refractivity contribution >= 4 is 22.2 Å². The van der Waals surface area contributed by atoms with Gasteiger partial charge >= 0.3 is 0 Å². The summed E-state index contributed by atoms with van der Waals surface area (Å²) in [6.45, 7) is 9.88. The fourth-order valence-electron chi connectivity index (χ4n) is 3.83. The second-order valence-corrected chi connectivity index (χ2v) is 7.60. The highest BCUT2D eigenvalue weighted by Gasteiger charge is 2.16. The zero-order valence-electron chi connectivity index (χ0n) is 19.1. The zero-order valence-corrected chi connectivity index (χ0v) is 19.1. The van der Waals surface area contributed by atoms with Crippen molar-refractivity contribution in [2.45, 2.75) is 20.8 Å². The molecule has 0 aliphatic rings. The Kier molecular flexibility index (Phi) is 6.60. The Morgan fingerprint density at radius 3 is 2.61 bits per heavy atom. The number of rotatable bonds is 7. The fourth-order valence-corrected chi connectivity index (χ4v) is 3.83. The average molecular weight is 434 g/mol. The summed E-state index contributed by atoms with van der Waals surface area (Å²) in [5.41, 5.74) is 9.12. The molecule has 5 heteroatoms. The molecule has 33 heavy (non-hydrogen) atoms. The third-order valence-electron chi connectivity index (χ3n) is 5.49. The standard InChI is InChI=1S/C28H27N5/c1-5-8-10-20(7-3)22-16-25-27(32-33-28(25)30-18-22)26-17-24(19(4)31-26)23(11-9-6-2)21-12-14-29-15-13-21/h5-18,31H,1H2,2-4H3,(H,30,32,33)/b9-6-,10-8-,20-7+,23-11-. The lowest BCUT2D eigenvalue weighted by Crippen LogP contribution is -1.89. The van der Waals surface area contributed by atoms with Crippen LogP contribution in [0.25, 0.3) is 33.6 Å². The van der Waals surface area contributed by atoms with Crippen LogP contribution in [0.1, 0.15) is 36.2 Å². The number of hydrogen-bond acceptors (Lipinski definition) is 3. The van der Waals surface area contributed by atoms with Crippen LogP contribution in [-0.2, 0) is 0 Å². The summed E-state index contributed by atoms with van der Waals surface area (Å²) in [4.78, 5) is 12.3. The van der Waals surface area contributed by atoms with Crippen molar-refractivity contribution in [3.8, 4) is 11.4 Å². The van der Waals surface area contributed by atoms with Crippen molar-refractivity contribution in [3.63, 3.8) is 0 Å². The van der Waals surface area contributed by atoms with Crippen molar-refractivity contribution < 1.29 is 0 Å². The minimum absolute atomic E-state index is 0.685. The number of pyridine rings is 2. The van der Waals surface area contributed by atoms with Gasteiger partial charge in [0.15, 0.2) is 5.65 Å². The molecule has 0 fully saturated rings. The molecule has 4 rings (SSSR count). The van der Waals surface area contributed by atoms with Crippen LogP contribution in [0.4, 0.5) is 0 Å². The monoisotopic (exact) mass is 433 g/mol. The van der Waals surface area contributed by atoms with Gasteiger partial charge in [0.1, 0.15) is 0 Å². The van der Waals surface area contributed by atoms with E-state index in [-0.39, 0.29) is 0 Å². The molecule has 0 unspecified atom stereocenters. The molecule has 4 aromatic rings. The Bertz CT molecular complexity index is 1390. The SMILES string of the molecule is C=C/C=C\C(=C/C)c1cnc2n[nH]c(-c3cc(/C(=C\C=C/C)c4ccncc4)c(C)[nH]3)c2c1. The number of allylic oxidation sites excluding steroid dienone is 8. The molecule has 0 aliphatic carbocycles. The van der Waals surface area contributed by atoms with E-state index >= 15 is 0 Å². The number of hydrogen-bond donors (Lipinski definition) is 2. The van der Waals surface area contributed by atoms with Crippen LogP contribution in [0.3, 0.4) is 0 Å². The topological polar surface area (TPSA) is 70.2 Å². The van der Waals surface area contributed by atoms with Crippen molar-refractivity contribution in [1.29, 1.82) is 0 Å². The van der Waals surface area contributed by atoms with Gasteiger partial charge in [-0.25, -0.2) is 4.98 Å². The average Bonchev–Trinajstić information content (AvgIpc) is 3.44. The van der Waals surface area contributed by atoms with Gasteiger partial charge in [0.05, 0.1) is 11.4 Å². The first-order chi connectivity index (χ1) is 16.2. The Labute approximate surface area is 194 Å². The predicted octanol–water partition coefficient (Wildman–Crippen LogP) is 6.81. The van der Waals surface area contributed by atoms with Gasteiger partial charge < -0.3 is 4.98 Å². The number of fused-ring (bicyclic) bond motifs is 1. The molecule has 0 aliphatic heterocycles. The molecular formula is C28H27N5. The number of nitrogens with one attached hydrogen (secondary N) is 2. The lowest BCUT2D eigenvalue weighted by Gasteiger charge is -2.06. The molecule has 0 bridgehead atoms. The van der Waals surface area contributed by atoms with E-state index in [0.29, 0.717) is 5.65 Å². The fraction of sp³-hybridized carbons (Fsp3) is 0.107. The van der Waals surface area contributed by atoms with Gasteiger partial charge in [0, 0.05) is 40.8 Å². The van der Waals surface area contributed by atoms with E-state index in [0.717, 1.165) is 50.3 Å². The smallest absolute Gasteiger partial charge is 0.181 e. The maximum absolute atomic E-state index is 4.57. The molecule has 4 heterocycles. The molecule has 0 saturated heterocycles. The highest BCUT2D eigenvalue weighted by Crippen LogP contribution is 2.33. The molecule has 2 N–H and O–H groups in total. The van der Waals surface area contributed by atoms with Crippen LogP contribution < -0.4 is 0 Å². The largest absolute Gasteiger partial charge is 0.357 e. The second-order valence-electron chi connectivity index (χ2n) is 7.60. The van der Waals surface area contributed by atoms with Crippen LogP contribution in [0.5, 0.6) is 0 Å². The van der Waals surface area contributed by atoms with Gasteiger partial charge in [-0.3, -0.25) is 10.1 Å². The molecule has 0 amide bonds. The molecule has 0 spiro atoms. The molecule has 5 nitrogen and oxygen atoms in total. The first kappa shape index (κ1) is 22.0. The third kappa shape index (κ3) is 4.53. The summed E-state index contributed by atoms with van der Waals surface area (Å²) in [5.74, 6) is 0. The Balaban J connectivity index is 1.82. The molecular weight excluding hydrogens is 406 g/mol. The first-order valence-corrected chi connectivity index (χ1v) is 10.9. The van der Waals surface area contributed by atoms with E-state index in [4.69, 9.17) is 0 Å². The van der Waals surface area contributed by atoms with Crippen LogP contribution >= 0.6 is 0 Å². The summed E-state index contributed by atoms with van der Waals surface area (Å²) in [5, 5.41) is 8.58. The highest BCUT2D eigenvalue weighted by atomic mass is 15.2. The van der Waals surface area contributed by atoms with E-state index in [2.05, 4.69) is 69.0 Å². The summed E-state index contributed by atoms with van der Waals surface area (Å²) < 4.78 is 0. The Morgan fingerprint density at radius 2 is 1.88 bits per heavy atom. The molecule has 0 aromatic carbocycles. The van der Waals surface area contributed by atoms with Gasteiger partial charge in [-0.15, -0.1) is 0 Å². The highest BCUT2D eigenvalue weighted by molar-refractivity contribution is 5.94. The Morgan fingerprint density at radius 1 is 1.06 bits per heavy atom. The number of nitrogens with zero attached hydrogens (tertiary/aromatic N) is 3. The number of aryl methyl sites for hydroxylation is 1. The van der Waals surface area contributed by atoms with Crippen LogP contribution in [-0.4, -0.2) is 25.1 Å². The molecule has 0 radical (unpaired) electrons. The quantitative estimate of drug-likeness (QED) is 0.315. The molecule has 4 aromatic heterocycles. The van der Waals surface area contributed by atoms with Crippen LogP contribution in [0.15, 0.2) is 92.0 Å². The van der Waals surface area contributed by atoms with Gasteiger partial charge in [-0.2, -0.15) is 5.10 Å². The van der Waals surface area contributed by atoms with Gasteiger partial charge in [0.2, 0.25) is 0 Å². The molecule has 0 saturated carbocycles. The molecule has 0 atom stereocenters. The van der Waals surface area contributed by atoms with Gasteiger partial charge in [-0.1, -0.05) is 49.1 Å². The van der Waals surface area contributed by atoms with E-state index in [1.807, 2.05) is 62.8 Å². The predicted molar refractivity (Wildman–Crippen MR) is 138 cm³/mol. The Hall–Kier alpha value is -4.25. The van der Waals surface area contributed by atoms with Crippen LogP contribution in [0.2, 0.25) is 0 Å². The third-order valence-corrected chi connectivity index (χ3v) is 5.49. The summed E-state index contributed by atoms with van der Waals surface area (Å²) in [6, 6.07) is 8.34.